The summed E-state index contributed by atoms with van der Waals surface area (Å²) < 4.78 is 5.50. The molecule has 16 heavy (non-hydrogen) atoms. The minimum atomic E-state index is 0.419. The van der Waals surface area contributed by atoms with Crippen LogP contribution in [0.15, 0.2) is 37.1 Å². The standard InChI is InChI=1S/C12H9Cl2NO/c1-2-7-16-10-5-6-15-12-9(14)4-3-8(13)11(10)12/h2-6H,1,7H2. The van der Waals surface area contributed by atoms with Gasteiger partial charge in [0.05, 0.1) is 20.9 Å². The lowest BCUT2D eigenvalue weighted by molar-refractivity contribution is 0.367. The third kappa shape index (κ3) is 1.99. The van der Waals surface area contributed by atoms with E-state index in [1.165, 1.54) is 0 Å². The van der Waals surface area contributed by atoms with E-state index in [0.29, 0.717) is 27.9 Å². The van der Waals surface area contributed by atoms with Crippen LogP contribution in [0.4, 0.5) is 0 Å². The number of halogens is 2. The van der Waals surface area contributed by atoms with Crippen LogP contribution in [0.1, 0.15) is 0 Å². The van der Waals surface area contributed by atoms with Crippen molar-refractivity contribution in [1.29, 1.82) is 0 Å². The Bertz CT molecular complexity index is 540. The van der Waals surface area contributed by atoms with Crippen LogP contribution in [-0.4, -0.2) is 11.6 Å². The molecule has 1 aromatic heterocycles. The van der Waals surface area contributed by atoms with E-state index >= 15 is 0 Å². The highest BCUT2D eigenvalue weighted by Gasteiger charge is 2.09. The molecule has 0 aliphatic carbocycles. The van der Waals surface area contributed by atoms with Gasteiger partial charge < -0.3 is 4.74 Å². The van der Waals surface area contributed by atoms with Crippen molar-refractivity contribution >= 4 is 34.1 Å². The van der Waals surface area contributed by atoms with Crippen LogP contribution in [-0.2, 0) is 0 Å². The molecule has 82 valence electrons. The molecule has 0 fully saturated rings. The first-order valence-corrected chi connectivity index (χ1v) is 5.46. The Kier molecular flexibility index (Phi) is 3.32. The highest BCUT2D eigenvalue weighted by Crippen LogP contribution is 2.34. The Morgan fingerprint density at radius 1 is 1.25 bits per heavy atom. The average Bonchev–Trinajstić information content (AvgIpc) is 2.31. The van der Waals surface area contributed by atoms with Crippen LogP contribution in [0.5, 0.6) is 5.75 Å². The molecule has 0 aliphatic heterocycles. The van der Waals surface area contributed by atoms with Crippen molar-refractivity contribution in [3.8, 4) is 5.75 Å². The zero-order chi connectivity index (χ0) is 11.5. The number of aromatic nitrogens is 1. The number of benzene rings is 1. The van der Waals surface area contributed by atoms with Gasteiger partial charge in [0.1, 0.15) is 12.4 Å². The van der Waals surface area contributed by atoms with Gasteiger partial charge in [-0.25, -0.2) is 0 Å². The molecule has 4 heteroatoms. The van der Waals surface area contributed by atoms with Gasteiger partial charge in [-0.3, -0.25) is 4.98 Å². The van der Waals surface area contributed by atoms with Gasteiger partial charge in [0, 0.05) is 6.20 Å². The average molecular weight is 254 g/mol. The fourth-order valence-corrected chi connectivity index (χ4v) is 1.89. The molecule has 0 radical (unpaired) electrons. The predicted molar refractivity (Wildman–Crippen MR) is 67.5 cm³/mol. The summed E-state index contributed by atoms with van der Waals surface area (Å²) in [7, 11) is 0. The van der Waals surface area contributed by atoms with Gasteiger partial charge in [-0.2, -0.15) is 0 Å². The molecule has 0 aliphatic rings. The van der Waals surface area contributed by atoms with Gasteiger partial charge in [-0.1, -0.05) is 35.9 Å². The summed E-state index contributed by atoms with van der Waals surface area (Å²) in [5.74, 6) is 0.664. The van der Waals surface area contributed by atoms with Crippen molar-refractivity contribution in [3.05, 3.63) is 47.1 Å². The van der Waals surface area contributed by atoms with Crippen LogP contribution < -0.4 is 4.74 Å². The Morgan fingerprint density at radius 3 is 2.75 bits per heavy atom. The zero-order valence-corrected chi connectivity index (χ0v) is 9.92. The monoisotopic (exact) mass is 253 g/mol. The molecular weight excluding hydrogens is 245 g/mol. The Hall–Kier alpha value is -1.25. The van der Waals surface area contributed by atoms with E-state index in [0.717, 1.165) is 5.39 Å². The van der Waals surface area contributed by atoms with E-state index in [1.54, 1.807) is 30.5 Å². The summed E-state index contributed by atoms with van der Waals surface area (Å²) in [4.78, 5) is 4.19. The molecule has 0 saturated carbocycles. The van der Waals surface area contributed by atoms with Crippen LogP contribution in [0.3, 0.4) is 0 Å². The van der Waals surface area contributed by atoms with Crippen molar-refractivity contribution in [2.75, 3.05) is 6.61 Å². The topological polar surface area (TPSA) is 22.1 Å². The van der Waals surface area contributed by atoms with E-state index < -0.39 is 0 Å². The summed E-state index contributed by atoms with van der Waals surface area (Å²) in [5, 5.41) is 1.87. The SMILES string of the molecule is C=CCOc1ccnc2c(Cl)ccc(Cl)c12. The molecule has 2 rings (SSSR count). The summed E-state index contributed by atoms with van der Waals surface area (Å²) in [5.41, 5.74) is 0.649. The minimum absolute atomic E-state index is 0.419. The number of ether oxygens (including phenoxy) is 1. The van der Waals surface area contributed by atoms with Crippen molar-refractivity contribution in [3.63, 3.8) is 0 Å². The molecule has 0 spiro atoms. The first-order valence-electron chi connectivity index (χ1n) is 4.70. The van der Waals surface area contributed by atoms with Crippen LogP contribution >= 0.6 is 23.2 Å². The van der Waals surface area contributed by atoms with Crippen molar-refractivity contribution in [2.45, 2.75) is 0 Å². The van der Waals surface area contributed by atoms with E-state index in [1.807, 2.05) is 0 Å². The number of fused-ring (bicyclic) bond motifs is 1. The molecule has 0 saturated heterocycles. The first-order chi connectivity index (χ1) is 7.74. The minimum Gasteiger partial charge on any atom is -0.489 e. The molecule has 1 heterocycles. The number of hydrogen-bond donors (Lipinski definition) is 0. The number of pyridine rings is 1. The van der Waals surface area contributed by atoms with Gasteiger partial charge in [0.15, 0.2) is 0 Å². The summed E-state index contributed by atoms with van der Waals surface area (Å²) in [6.45, 7) is 4.01. The van der Waals surface area contributed by atoms with Gasteiger partial charge in [-0.15, -0.1) is 0 Å². The smallest absolute Gasteiger partial charge is 0.132 e. The second-order valence-electron chi connectivity index (χ2n) is 3.16. The lowest BCUT2D eigenvalue weighted by Gasteiger charge is -2.08. The summed E-state index contributed by atoms with van der Waals surface area (Å²) >= 11 is 12.1. The quantitative estimate of drug-likeness (QED) is 0.769. The fourth-order valence-electron chi connectivity index (χ4n) is 1.43. The molecule has 0 amide bonds. The van der Waals surface area contributed by atoms with E-state index in [2.05, 4.69) is 11.6 Å². The highest BCUT2D eigenvalue weighted by atomic mass is 35.5. The van der Waals surface area contributed by atoms with E-state index in [-0.39, 0.29) is 0 Å². The maximum Gasteiger partial charge on any atom is 0.132 e. The molecule has 0 unspecified atom stereocenters. The van der Waals surface area contributed by atoms with Crippen LogP contribution in [0.2, 0.25) is 10.0 Å². The highest BCUT2D eigenvalue weighted by molar-refractivity contribution is 6.40. The van der Waals surface area contributed by atoms with Crippen LogP contribution in [0, 0.1) is 0 Å². The predicted octanol–water partition coefficient (Wildman–Crippen LogP) is 4.11. The van der Waals surface area contributed by atoms with Gasteiger partial charge >= 0.3 is 0 Å². The number of nitrogens with zero attached hydrogens (tertiary/aromatic N) is 1. The first kappa shape index (κ1) is 11.2. The largest absolute Gasteiger partial charge is 0.489 e. The summed E-state index contributed by atoms with van der Waals surface area (Å²) in [6, 6.07) is 5.21. The summed E-state index contributed by atoms with van der Waals surface area (Å²) in [6.07, 6.45) is 3.31. The van der Waals surface area contributed by atoms with Crippen LogP contribution in [0.25, 0.3) is 10.9 Å². The zero-order valence-electron chi connectivity index (χ0n) is 8.41. The third-order valence-electron chi connectivity index (χ3n) is 2.11. The third-order valence-corrected chi connectivity index (χ3v) is 2.73. The van der Waals surface area contributed by atoms with Crippen molar-refractivity contribution in [2.24, 2.45) is 0 Å². The number of rotatable bonds is 3. The number of hydrogen-bond acceptors (Lipinski definition) is 2. The molecule has 0 N–H and O–H groups in total. The van der Waals surface area contributed by atoms with E-state index in [9.17, 15) is 0 Å². The Labute approximate surface area is 103 Å². The van der Waals surface area contributed by atoms with Gasteiger partial charge in [0.25, 0.3) is 0 Å². The van der Waals surface area contributed by atoms with E-state index in [4.69, 9.17) is 27.9 Å². The molecule has 0 bridgehead atoms. The Balaban J connectivity index is 2.65. The maximum absolute atomic E-state index is 6.11. The molecular formula is C12H9Cl2NO. The lowest BCUT2D eigenvalue weighted by Crippen LogP contribution is -1.95. The Morgan fingerprint density at radius 2 is 2.00 bits per heavy atom. The van der Waals surface area contributed by atoms with Crippen molar-refractivity contribution in [1.82, 2.24) is 4.98 Å². The van der Waals surface area contributed by atoms with Gasteiger partial charge in [-0.05, 0) is 18.2 Å². The molecule has 0 atom stereocenters. The second kappa shape index (κ2) is 4.73. The molecule has 1 aromatic carbocycles. The lowest BCUT2D eigenvalue weighted by atomic mass is 10.2. The fraction of sp³-hybridized carbons (Fsp3) is 0.0833. The maximum atomic E-state index is 6.11. The second-order valence-corrected chi connectivity index (χ2v) is 3.98. The molecule has 2 aromatic rings. The normalized spacial score (nSPS) is 10.4. The van der Waals surface area contributed by atoms with Gasteiger partial charge in [0.2, 0.25) is 0 Å². The van der Waals surface area contributed by atoms with Crippen molar-refractivity contribution < 1.29 is 4.74 Å². The molecule has 2 nitrogen and oxygen atoms in total.